The summed E-state index contributed by atoms with van der Waals surface area (Å²) in [5.74, 6) is -0.677. The van der Waals surface area contributed by atoms with Crippen LogP contribution in [0.5, 0.6) is 0 Å². The van der Waals surface area contributed by atoms with E-state index in [0.717, 1.165) is 0 Å². The molecule has 0 N–H and O–H groups in total. The van der Waals surface area contributed by atoms with Gasteiger partial charge in [-0.15, -0.1) is 0 Å². The first-order valence-corrected chi connectivity index (χ1v) is 4.09. The van der Waals surface area contributed by atoms with Crippen LogP contribution in [0.25, 0.3) is 5.57 Å². The van der Waals surface area contributed by atoms with Crippen LogP contribution in [0.4, 0.5) is 5.69 Å². The third kappa shape index (κ3) is 2.19. The molecular weight excluding hydrogens is 198 g/mol. The van der Waals surface area contributed by atoms with E-state index in [1.807, 2.05) is 0 Å². The Morgan fingerprint density at radius 1 is 1.47 bits per heavy atom. The van der Waals surface area contributed by atoms with E-state index >= 15 is 0 Å². The van der Waals surface area contributed by atoms with E-state index in [0.29, 0.717) is 0 Å². The monoisotopic (exact) mass is 207 g/mol. The largest absolute Gasteiger partial charge is 0.465 e. The van der Waals surface area contributed by atoms with Crippen molar-refractivity contribution in [2.75, 3.05) is 7.11 Å². The lowest BCUT2D eigenvalue weighted by Crippen LogP contribution is -2.04. The van der Waals surface area contributed by atoms with Gasteiger partial charge in [-0.1, -0.05) is 18.7 Å². The maximum atomic E-state index is 11.1. The van der Waals surface area contributed by atoms with Gasteiger partial charge in [-0.25, -0.2) is 4.79 Å². The van der Waals surface area contributed by atoms with Crippen LogP contribution in [0, 0.1) is 10.1 Å². The standard InChI is InChI=1S/C10H9NO4/c1-7(10(12)15-2)8-5-3-4-6-9(8)11(13)14/h3-6H,1H2,2H3. The number of hydrogen-bond donors (Lipinski definition) is 0. The number of carbonyl (C=O) groups excluding carboxylic acids is 1. The van der Waals surface area contributed by atoms with Gasteiger partial charge in [-0.3, -0.25) is 10.1 Å². The van der Waals surface area contributed by atoms with Crippen molar-refractivity contribution in [2.45, 2.75) is 0 Å². The van der Waals surface area contributed by atoms with E-state index in [1.165, 1.54) is 25.3 Å². The van der Waals surface area contributed by atoms with E-state index < -0.39 is 10.9 Å². The molecule has 1 rings (SSSR count). The van der Waals surface area contributed by atoms with Crippen molar-refractivity contribution in [3.63, 3.8) is 0 Å². The number of ether oxygens (including phenoxy) is 1. The predicted octanol–water partition coefficient (Wildman–Crippen LogP) is 1.78. The molecule has 0 saturated heterocycles. The molecule has 0 unspecified atom stereocenters. The van der Waals surface area contributed by atoms with Gasteiger partial charge in [0, 0.05) is 6.07 Å². The molecule has 0 aliphatic heterocycles. The molecule has 5 nitrogen and oxygen atoms in total. The summed E-state index contributed by atoms with van der Waals surface area (Å²) in [5, 5.41) is 10.6. The zero-order chi connectivity index (χ0) is 11.4. The van der Waals surface area contributed by atoms with Gasteiger partial charge in [0.05, 0.1) is 23.2 Å². The molecule has 0 fully saturated rings. The molecule has 0 aromatic heterocycles. The minimum atomic E-state index is -0.677. The molecule has 0 heterocycles. The van der Waals surface area contributed by atoms with Crippen molar-refractivity contribution < 1.29 is 14.5 Å². The zero-order valence-corrected chi connectivity index (χ0v) is 8.10. The quantitative estimate of drug-likeness (QED) is 0.328. The fourth-order valence-electron chi connectivity index (χ4n) is 1.12. The third-order valence-corrected chi connectivity index (χ3v) is 1.86. The van der Waals surface area contributed by atoms with E-state index in [9.17, 15) is 14.9 Å². The summed E-state index contributed by atoms with van der Waals surface area (Å²) in [6.07, 6.45) is 0. The lowest BCUT2D eigenvalue weighted by atomic mass is 10.1. The Morgan fingerprint density at radius 2 is 2.07 bits per heavy atom. The van der Waals surface area contributed by atoms with Gasteiger partial charge in [0.2, 0.25) is 0 Å². The van der Waals surface area contributed by atoms with Gasteiger partial charge in [0.1, 0.15) is 0 Å². The number of nitro benzene ring substituents is 1. The number of nitrogens with zero attached hydrogens (tertiary/aromatic N) is 1. The molecule has 0 aliphatic rings. The summed E-state index contributed by atoms with van der Waals surface area (Å²) < 4.78 is 4.44. The molecular formula is C10H9NO4. The van der Waals surface area contributed by atoms with Gasteiger partial charge in [0.15, 0.2) is 0 Å². The first-order chi connectivity index (χ1) is 7.07. The van der Waals surface area contributed by atoms with Crippen LogP contribution in [0.2, 0.25) is 0 Å². The van der Waals surface area contributed by atoms with Gasteiger partial charge in [-0.05, 0) is 6.07 Å². The van der Waals surface area contributed by atoms with Gasteiger partial charge >= 0.3 is 5.97 Å². The van der Waals surface area contributed by atoms with Crippen molar-refractivity contribution in [1.29, 1.82) is 0 Å². The fourth-order valence-corrected chi connectivity index (χ4v) is 1.12. The Kier molecular flexibility index (Phi) is 3.17. The Hall–Kier alpha value is -2.17. The SMILES string of the molecule is C=C(C(=O)OC)c1ccccc1[N+](=O)[O-]. The van der Waals surface area contributed by atoms with E-state index in [4.69, 9.17) is 0 Å². The smallest absolute Gasteiger partial charge is 0.338 e. The van der Waals surface area contributed by atoms with Crippen LogP contribution < -0.4 is 0 Å². The highest BCUT2D eigenvalue weighted by atomic mass is 16.6. The average Bonchev–Trinajstić information content (AvgIpc) is 2.27. The maximum Gasteiger partial charge on any atom is 0.338 e. The number of carbonyl (C=O) groups is 1. The van der Waals surface area contributed by atoms with Gasteiger partial charge < -0.3 is 4.74 Å². The molecule has 15 heavy (non-hydrogen) atoms. The first-order valence-electron chi connectivity index (χ1n) is 4.09. The number of nitro groups is 1. The molecule has 0 bridgehead atoms. The molecule has 78 valence electrons. The second-order valence-corrected chi connectivity index (χ2v) is 2.74. The minimum Gasteiger partial charge on any atom is -0.465 e. The molecule has 0 aliphatic carbocycles. The number of para-hydroxylation sites is 1. The van der Waals surface area contributed by atoms with Crippen molar-refractivity contribution in [3.05, 3.63) is 46.5 Å². The molecule has 0 saturated carbocycles. The highest BCUT2D eigenvalue weighted by Crippen LogP contribution is 2.24. The highest BCUT2D eigenvalue weighted by molar-refractivity contribution is 6.16. The van der Waals surface area contributed by atoms with Crippen LogP contribution in [0.1, 0.15) is 5.56 Å². The van der Waals surface area contributed by atoms with E-state index in [-0.39, 0.29) is 16.8 Å². The molecule has 0 atom stereocenters. The van der Waals surface area contributed by atoms with Crippen molar-refractivity contribution in [1.82, 2.24) is 0 Å². The normalized spacial score (nSPS) is 9.40. The summed E-state index contributed by atoms with van der Waals surface area (Å²) in [4.78, 5) is 21.2. The topological polar surface area (TPSA) is 69.4 Å². The zero-order valence-electron chi connectivity index (χ0n) is 8.10. The van der Waals surface area contributed by atoms with Crippen molar-refractivity contribution in [3.8, 4) is 0 Å². The Balaban J connectivity index is 3.19. The maximum absolute atomic E-state index is 11.1. The molecule has 1 aromatic carbocycles. The molecule has 0 radical (unpaired) electrons. The van der Waals surface area contributed by atoms with Gasteiger partial charge in [-0.2, -0.15) is 0 Å². The summed E-state index contributed by atoms with van der Waals surface area (Å²) in [6.45, 7) is 3.46. The summed E-state index contributed by atoms with van der Waals surface area (Å²) >= 11 is 0. The van der Waals surface area contributed by atoms with Crippen LogP contribution in [0.15, 0.2) is 30.8 Å². The summed E-state index contributed by atoms with van der Waals surface area (Å²) in [7, 11) is 1.20. The molecule has 0 amide bonds. The van der Waals surface area contributed by atoms with Crippen molar-refractivity contribution >= 4 is 17.2 Å². The lowest BCUT2D eigenvalue weighted by molar-refractivity contribution is -0.385. The lowest BCUT2D eigenvalue weighted by Gasteiger charge is -2.03. The number of methoxy groups -OCH3 is 1. The van der Waals surface area contributed by atoms with E-state index in [1.54, 1.807) is 6.07 Å². The van der Waals surface area contributed by atoms with Crippen molar-refractivity contribution in [2.24, 2.45) is 0 Å². The van der Waals surface area contributed by atoms with Gasteiger partial charge in [0.25, 0.3) is 5.69 Å². The Labute approximate surface area is 86.1 Å². The molecule has 1 aromatic rings. The number of hydrogen-bond acceptors (Lipinski definition) is 4. The third-order valence-electron chi connectivity index (χ3n) is 1.86. The minimum absolute atomic E-state index is 0.0233. The second kappa shape index (κ2) is 4.36. The second-order valence-electron chi connectivity index (χ2n) is 2.74. The fraction of sp³-hybridized carbons (Fsp3) is 0.100. The first kappa shape index (κ1) is 10.9. The average molecular weight is 207 g/mol. The number of esters is 1. The van der Waals surface area contributed by atoms with E-state index in [2.05, 4.69) is 11.3 Å². The number of benzene rings is 1. The molecule has 0 spiro atoms. The van der Waals surface area contributed by atoms with Crippen LogP contribution >= 0.6 is 0 Å². The summed E-state index contributed by atoms with van der Waals surface area (Å²) in [5.41, 5.74) is -0.00736. The number of rotatable bonds is 3. The van der Waals surface area contributed by atoms with Crippen LogP contribution in [0.3, 0.4) is 0 Å². The molecule has 5 heteroatoms. The van der Waals surface area contributed by atoms with Crippen LogP contribution in [-0.4, -0.2) is 18.0 Å². The summed E-state index contributed by atoms with van der Waals surface area (Å²) in [6, 6.07) is 5.88. The predicted molar refractivity (Wildman–Crippen MR) is 54.1 cm³/mol. The Bertz CT molecular complexity index is 425. The van der Waals surface area contributed by atoms with Crippen LogP contribution in [-0.2, 0) is 9.53 Å². The Morgan fingerprint density at radius 3 is 2.60 bits per heavy atom. The highest BCUT2D eigenvalue weighted by Gasteiger charge is 2.19.